The van der Waals surface area contributed by atoms with Crippen molar-refractivity contribution in [3.05, 3.63) is 0 Å². The van der Waals surface area contributed by atoms with Gasteiger partial charge in [0.25, 0.3) is 0 Å². The Morgan fingerprint density at radius 3 is 1.87 bits per heavy atom. The fraction of sp³-hybridized carbons (Fsp3) is 0.778. The average Bonchev–Trinajstić information content (AvgIpc) is 2.63. The molecule has 1 N–H and O–H groups in total. The molecule has 1 saturated heterocycles. The van der Waals surface area contributed by atoms with Crippen LogP contribution in [0.25, 0.3) is 0 Å². The third-order valence-electron chi connectivity index (χ3n) is 4.56. The summed E-state index contributed by atoms with van der Waals surface area (Å²) in [4.78, 5) is 46.4. The first-order valence-electron chi connectivity index (χ1n) is 9.34. The summed E-state index contributed by atoms with van der Waals surface area (Å²) in [5.41, 5.74) is 0. The Balaban J connectivity index is 2.38. The molecular weight excluding hydrogens is 463 g/mol. The zero-order chi connectivity index (χ0) is 23.5. The number of carbonyl (C=O) groups is 4. The average molecular weight is 487 g/mol. The summed E-state index contributed by atoms with van der Waals surface area (Å²) >= 11 is 12.1. The molecular formula is C18H24Cl2O11. The Kier molecular flexibility index (Phi) is 8.51. The number of carbonyl (C=O) groups excluding carboxylic acids is 4. The summed E-state index contributed by atoms with van der Waals surface area (Å²) in [6.45, 7) is 4.09. The molecule has 1 aliphatic carbocycles. The van der Waals surface area contributed by atoms with Crippen LogP contribution in [0.15, 0.2) is 0 Å². The van der Waals surface area contributed by atoms with E-state index in [2.05, 4.69) is 0 Å². The molecule has 0 aromatic carbocycles. The minimum atomic E-state index is -1.65. The summed E-state index contributed by atoms with van der Waals surface area (Å²) in [6, 6.07) is 0. The number of rotatable bonds is 7. The smallest absolute Gasteiger partial charge is 0.303 e. The maximum Gasteiger partial charge on any atom is 0.303 e. The molecule has 31 heavy (non-hydrogen) atoms. The maximum atomic E-state index is 11.7. The van der Waals surface area contributed by atoms with Crippen LogP contribution in [-0.2, 0) is 47.6 Å². The summed E-state index contributed by atoms with van der Waals surface area (Å²) in [5, 5.41) is 9.74. The second-order valence-corrected chi connectivity index (χ2v) is 8.56. The van der Waals surface area contributed by atoms with Crippen molar-refractivity contribution in [1.29, 1.82) is 0 Å². The lowest BCUT2D eigenvalue weighted by Gasteiger charge is -2.49. The number of alkyl halides is 2. The Hall–Kier alpha value is -1.66. The lowest BCUT2D eigenvalue weighted by Crippen LogP contribution is -2.66. The number of aliphatic hydroxyl groups excluding tert-OH is 1. The van der Waals surface area contributed by atoms with Gasteiger partial charge in [0.2, 0.25) is 0 Å². The van der Waals surface area contributed by atoms with Crippen LogP contribution >= 0.6 is 23.2 Å². The van der Waals surface area contributed by atoms with Gasteiger partial charge >= 0.3 is 23.9 Å². The van der Waals surface area contributed by atoms with Gasteiger partial charge in [-0.1, -0.05) is 23.2 Å². The monoisotopic (exact) mass is 486 g/mol. The van der Waals surface area contributed by atoms with Gasteiger partial charge in [-0.2, -0.15) is 0 Å². The van der Waals surface area contributed by atoms with Crippen LogP contribution in [0.2, 0.25) is 0 Å². The minimum Gasteiger partial charge on any atom is -0.463 e. The molecule has 0 spiro atoms. The standard InChI is InChI=1S/C18H24Cl2O11/c1-7(21)26-6-11-14(27-8(2)22)15(28-9(3)23)16(29-10(4)24)17(30-11)31-13-5-12(25)18(13,19)20/h11-17,25H,5-6H2,1-4H3/t11-,12?,13?,14-,15+,16-,17-/m1/s1. The van der Waals surface area contributed by atoms with Gasteiger partial charge in [0.1, 0.15) is 12.7 Å². The summed E-state index contributed by atoms with van der Waals surface area (Å²) in [5.74, 6) is -2.93. The van der Waals surface area contributed by atoms with Crippen molar-refractivity contribution in [3.63, 3.8) is 0 Å². The van der Waals surface area contributed by atoms with Crippen molar-refractivity contribution in [2.24, 2.45) is 0 Å². The van der Waals surface area contributed by atoms with Gasteiger partial charge in [0.05, 0.1) is 12.2 Å². The normalized spacial score (nSPS) is 34.1. The fourth-order valence-corrected chi connectivity index (χ4v) is 3.64. The molecule has 2 aliphatic rings. The van der Waals surface area contributed by atoms with E-state index in [1.807, 2.05) is 0 Å². The first-order valence-corrected chi connectivity index (χ1v) is 10.1. The van der Waals surface area contributed by atoms with Crippen molar-refractivity contribution in [1.82, 2.24) is 0 Å². The van der Waals surface area contributed by atoms with Gasteiger partial charge in [-0.3, -0.25) is 19.2 Å². The highest BCUT2D eigenvalue weighted by molar-refractivity contribution is 6.50. The quantitative estimate of drug-likeness (QED) is 0.303. The van der Waals surface area contributed by atoms with E-state index in [0.717, 1.165) is 27.7 Å². The highest BCUT2D eigenvalue weighted by Crippen LogP contribution is 2.46. The third-order valence-corrected chi connectivity index (χ3v) is 5.55. The molecule has 0 radical (unpaired) electrons. The van der Waals surface area contributed by atoms with Crippen LogP contribution in [0, 0.1) is 0 Å². The van der Waals surface area contributed by atoms with Crippen molar-refractivity contribution in [2.45, 2.75) is 81.4 Å². The Morgan fingerprint density at radius 1 is 0.903 bits per heavy atom. The summed E-state index contributed by atoms with van der Waals surface area (Å²) in [6.07, 6.45) is -8.54. The van der Waals surface area contributed by atoms with Crippen LogP contribution in [-0.4, -0.2) is 82.8 Å². The predicted octanol–water partition coefficient (Wildman–Crippen LogP) is 0.393. The van der Waals surface area contributed by atoms with E-state index in [1.54, 1.807) is 0 Å². The number of hydrogen-bond donors (Lipinski definition) is 1. The molecule has 0 amide bonds. The van der Waals surface area contributed by atoms with E-state index < -0.39 is 77.7 Å². The molecule has 0 bridgehead atoms. The zero-order valence-corrected chi connectivity index (χ0v) is 18.8. The van der Waals surface area contributed by atoms with E-state index in [9.17, 15) is 24.3 Å². The number of esters is 4. The van der Waals surface area contributed by atoms with Crippen LogP contribution < -0.4 is 0 Å². The van der Waals surface area contributed by atoms with Crippen molar-refractivity contribution >= 4 is 47.1 Å². The highest BCUT2D eigenvalue weighted by atomic mass is 35.5. The first kappa shape index (κ1) is 25.6. The van der Waals surface area contributed by atoms with E-state index in [0.29, 0.717) is 0 Å². The van der Waals surface area contributed by atoms with Gasteiger partial charge in [-0.25, -0.2) is 0 Å². The van der Waals surface area contributed by atoms with E-state index in [-0.39, 0.29) is 6.42 Å². The molecule has 13 heteroatoms. The lowest BCUT2D eigenvalue weighted by atomic mass is 9.90. The topological polar surface area (TPSA) is 144 Å². The van der Waals surface area contributed by atoms with Crippen molar-refractivity contribution in [2.75, 3.05) is 6.61 Å². The third kappa shape index (κ3) is 6.42. The molecule has 2 rings (SSSR count). The second kappa shape index (κ2) is 10.3. The molecule has 2 fully saturated rings. The Morgan fingerprint density at radius 2 is 1.42 bits per heavy atom. The van der Waals surface area contributed by atoms with Gasteiger partial charge in [-0.15, -0.1) is 0 Å². The molecule has 1 saturated carbocycles. The highest BCUT2D eigenvalue weighted by Gasteiger charge is 2.58. The first-order chi connectivity index (χ1) is 14.3. The number of hydrogen-bond acceptors (Lipinski definition) is 11. The van der Waals surface area contributed by atoms with Gasteiger partial charge in [0, 0.05) is 34.1 Å². The Labute approximate surface area is 188 Å². The SMILES string of the molecule is CC(=O)OC[C@H]1O[C@H](OC2CC(O)C2(Cl)Cl)[C@H](OC(C)=O)[C@@H](OC(C)=O)[C@@H]1OC(C)=O. The Bertz CT molecular complexity index is 713. The molecule has 0 aromatic heterocycles. The molecule has 1 heterocycles. The van der Waals surface area contributed by atoms with Gasteiger partial charge < -0.3 is 33.5 Å². The van der Waals surface area contributed by atoms with E-state index >= 15 is 0 Å². The van der Waals surface area contributed by atoms with Gasteiger partial charge in [0.15, 0.2) is 28.9 Å². The second-order valence-electron chi connectivity index (χ2n) is 7.12. The van der Waals surface area contributed by atoms with E-state index in [4.69, 9.17) is 51.6 Å². The summed E-state index contributed by atoms with van der Waals surface area (Å²) < 4.78 is 30.6. The maximum absolute atomic E-state index is 11.7. The zero-order valence-electron chi connectivity index (χ0n) is 17.2. The van der Waals surface area contributed by atoms with Crippen LogP contribution in [0.3, 0.4) is 0 Å². The van der Waals surface area contributed by atoms with Crippen LogP contribution in [0.5, 0.6) is 0 Å². The molecule has 1 aliphatic heterocycles. The molecule has 176 valence electrons. The van der Waals surface area contributed by atoms with Gasteiger partial charge in [-0.05, 0) is 0 Å². The predicted molar refractivity (Wildman–Crippen MR) is 102 cm³/mol. The van der Waals surface area contributed by atoms with Crippen LogP contribution in [0.4, 0.5) is 0 Å². The molecule has 2 unspecified atom stereocenters. The summed E-state index contributed by atoms with van der Waals surface area (Å²) in [7, 11) is 0. The van der Waals surface area contributed by atoms with Crippen molar-refractivity contribution in [3.8, 4) is 0 Å². The largest absolute Gasteiger partial charge is 0.463 e. The van der Waals surface area contributed by atoms with Crippen LogP contribution in [0.1, 0.15) is 34.1 Å². The van der Waals surface area contributed by atoms with E-state index in [1.165, 1.54) is 0 Å². The minimum absolute atomic E-state index is 0.0554. The van der Waals surface area contributed by atoms with Crippen molar-refractivity contribution < 1.29 is 52.7 Å². The number of ether oxygens (including phenoxy) is 6. The molecule has 7 atom stereocenters. The molecule has 11 nitrogen and oxygen atoms in total. The number of aliphatic hydroxyl groups is 1. The lowest BCUT2D eigenvalue weighted by molar-refractivity contribution is -0.325. The molecule has 0 aromatic rings. The fourth-order valence-electron chi connectivity index (χ4n) is 3.18. The number of halogens is 2.